The van der Waals surface area contributed by atoms with Gasteiger partial charge in [0.15, 0.2) is 0 Å². The van der Waals surface area contributed by atoms with E-state index in [1.807, 2.05) is 24.3 Å². The van der Waals surface area contributed by atoms with Gasteiger partial charge in [-0.25, -0.2) is 0 Å². The number of carbonyl (C=O) groups is 1. The fraction of sp³-hybridized carbons (Fsp3) is 0.533. The van der Waals surface area contributed by atoms with Crippen molar-refractivity contribution >= 4 is 5.91 Å². The number of benzene rings is 1. The van der Waals surface area contributed by atoms with Gasteiger partial charge in [-0.05, 0) is 18.9 Å². The third-order valence-corrected chi connectivity index (χ3v) is 4.17. The average molecular weight is 261 g/mol. The van der Waals surface area contributed by atoms with Crippen LogP contribution in [0.5, 0.6) is 5.75 Å². The van der Waals surface area contributed by atoms with E-state index in [0.717, 1.165) is 30.6 Å². The maximum Gasteiger partial charge on any atom is 0.231 e. The van der Waals surface area contributed by atoms with Gasteiger partial charge in [0.1, 0.15) is 18.3 Å². The molecule has 2 aliphatic rings. The smallest absolute Gasteiger partial charge is 0.231 e. The van der Waals surface area contributed by atoms with Crippen LogP contribution in [0.15, 0.2) is 24.3 Å². The number of hydrogen-bond donors (Lipinski definition) is 2. The number of ether oxygens (including phenoxy) is 1. The van der Waals surface area contributed by atoms with Crippen LogP contribution in [-0.4, -0.2) is 30.3 Å². The first-order valence-corrected chi connectivity index (χ1v) is 6.93. The number of carbonyl (C=O) groups excluding carboxylic acids is 1. The second-order valence-corrected chi connectivity index (χ2v) is 5.40. The lowest BCUT2D eigenvalue weighted by atomic mass is 10.00. The van der Waals surface area contributed by atoms with Crippen molar-refractivity contribution in [3.63, 3.8) is 0 Å². The molecule has 0 spiro atoms. The quantitative estimate of drug-likeness (QED) is 0.865. The standard InChI is InChI=1S/C15H19NO3/c17-13-6-3-4-10(13)8-16-15(18)12-9-19-14-7-2-1-5-11(12)14/h1-2,5,7,10,12-13,17H,3-4,6,8-9H2,(H,16,18). The van der Waals surface area contributed by atoms with Gasteiger partial charge in [-0.15, -0.1) is 0 Å². The largest absolute Gasteiger partial charge is 0.492 e. The second-order valence-electron chi connectivity index (χ2n) is 5.40. The lowest BCUT2D eigenvalue weighted by Gasteiger charge is -2.16. The number of rotatable bonds is 3. The van der Waals surface area contributed by atoms with E-state index in [1.54, 1.807) is 0 Å². The molecule has 1 aliphatic carbocycles. The minimum atomic E-state index is -0.257. The Balaban J connectivity index is 1.60. The minimum absolute atomic E-state index is 0.00375. The summed E-state index contributed by atoms with van der Waals surface area (Å²) in [5, 5.41) is 12.7. The molecule has 4 heteroatoms. The van der Waals surface area contributed by atoms with Gasteiger partial charge in [0.25, 0.3) is 0 Å². The predicted molar refractivity (Wildman–Crippen MR) is 71.0 cm³/mol. The Bertz CT molecular complexity index is 474. The molecule has 0 radical (unpaired) electrons. The average Bonchev–Trinajstić information content (AvgIpc) is 3.02. The van der Waals surface area contributed by atoms with Crippen LogP contribution in [0.1, 0.15) is 30.7 Å². The lowest BCUT2D eigenvalue weighted by Crippen LogP contribution is -2.36. The van der Waals surface area contributed by atoms with Crippen LogP contribution in [0.2, 0.25) is 0 Å². The van der Waals surface area contributed by atoms with Gasteiger partial charge in [-0.2, -0.15) is 0 Å². The highest BCUT2D eigenvalue weighted by Gasteiger charge is 2.31. The number of nitrogens with one attached hydrogen (secondary N) is 1. The summed E-state index contributed by atoms with van der Waals surface area (Å²) >= 11 is 0. The summed E-state index contributed by atoms with van der Waals surface area (Å²) in [7, 11) is 0. The molecule has 1 aromatic rings. The van der Waals surface area contributed by atoms with Crippen molar-refractivity contribution in [2.75, 3.05) is 13.2 Å². The fourth-order valence-corrected chi connectivity index (χ4v) is 2.99. The van der Waals surface area contributed by atoms with Gasteiger partial charge in [-0.1, -0.05) is 24.6 Å². The minimum Gasteiger partial charge on any atom is -0.492 e. The van der Waals surface area contributed by atoms with Crippen molar-refractivity contribution in [2.45, 2.75) is 31.3 Å². The second kappa shape index (κ2) is 5.21. The van der Waals surface area contributed by atoms with Crippen molar-refractivity contribution in [2.24, 2.45) is 5.92 Å². The third kappa shape index (κ3) is 2.45. The summed E-state index contributed by atoms with van der Waals surface area (Å²) < 4.78 is 5.51. The molecule has 0 aromatic heterocycles. The molecule has 3 unspecified atom stereocenters. The molecule has 2 N–H and O–H groups in total. The molecule has 1 aromatic carbocycles. The van der Waals surface area contributed by atoms with Gasteiger partial charge in [-0.3, -0.25) is 4.79 Å². The van der Waals surface area contributed by atoms with Crippen LogP contribution in [0.3, 0.4) is 0 Å². The SMILES string of the molecule is O=C(NCC1CCCC1O)C1COc2ccccc21. The van der Waals surface area contributed by atoms with Crippen molar-refractivity contribution in [1.82, 2.24) is 5.32 Å². The van der Waals surface area contributed by atoms with Gasteiger partial charge in [0.2, 0.25) is 5.91 Å². The summed E-state index contributed by atoms with van der Waals surface area (Å²) in [6, 6.07) is 7.67. The van der Waals surface area contributed by atoms with E-state index in [9.17, 15) is 9.90 Å². The van der Waals surface area contributed by atoms with Crippen LogP contribution < -0.4 is 10.1 Å². The Labute approximate surface area is 112 Å². The first kappa shape index (κ1) is 12.5. The predicted octanol–water partition coefficient (Wildman–Crippen LogP) is 1.44. The molecule has 4 nitrogen and oxygen atoms in total. The van der Waals surface area contributed by atoms with Gasteiger partial charge in [0, 0.05) is 18.0 Å². The maximum absolute atomic E-state index is 12.2. The monoisotopic (exact) mass is 261 g/mol. The number of amides is 1. The van der Waals surface area contributed by atoms with E-state index < -0.39 is 0 Å². The maximum atomic E-state index is 12.2. The molecule has 0 bridgehead atoms. The molecule has 1 heterocycles. The Hall–Kier alpha value is -1.55. The Morgan fingerprint density at radius 3 is 3.00 bits per heavy atom. The fourth-order valence-electron chi connectivity index (χ4n) is 2.99. The number of hydrogen-bond acceptors (Lipinski definition) is 3. The van der Waals surface area contributed by atoms with Crippen LogP contribution in [0.25, 0.3) is 0 Å². The number of para-hydroxylation sites is 1. The summed E-state index contributed by atoms with van der Waals surface area (Å²) in [4.78, 5) is 12.2. The molecule has 3 rings (SSSR count). The number of aliphatic hydroxyl groups excluding tert-OH is 1. The number of aliphatic hydroxyl groups is 1. The number of fused-ring (bicyclic) bond motifs is 1. The first-order valence-electron chi connectivity index (χ1n) is 6.93. The van der Waals surface area contributed by atoms with Crippen LogP contribution in [0, 0.1) is 5.92 Å². The van der Waals surface area contributed by atoms with E-state index in [0.29, 0.717) is 13.2 Å². The normalized spacial score (nSPS) is 28.8. The zero-order chi connectivity index (χ0) is 13.2. The summed E-state index contributed by atoms with van der Waals surface area (Å²) in [6.07, 6.45) is 2.65. The molecular weight excluding hydrogens is 242 g/mol. The zero-order valence-corrected chi connectivity index (χ0v) is 10.8. The van der Waals surface area contributed by atoms with Crippen molar-refractivity contribution in [3.05, 3.63) is 29.8 Å². The van der Waals surface area contributed by atoms with E-state index >= 15 is 0 Å². The highest BCUT2D eigenvalue weighted by molar-refractivity contribution is 5.85. The van der Waals surface area contributed by atoms with Crippen molar-refractivity contribution in [3.8, 4) is 5.75 Å². The molecule has 1 fully saturated rings. The van der Waals surface area contributed by atoms with Crippen molar-refractivity contribution in [1.29, 1.82) is 0 Å². The summed E-state index contributed by atoms with van der Waals surface area (Å²) in [5.74, 6) is 0.809. The van der Waals surface area contributed by atoms with E-state index in [2.05, 4.69) is 5.32 Å². The van der Waals surface area contributed by atoms with E-state index in [1.165, 1.54) is 0 Å². The Morgan fingerprint density at radius 1 is 1.37 bits per heavy atom. The molecular formula is C15H19NO3. The lowest BCUT2D eigenvalue weighted by molar-refractivity contribution is -0.123. The third-order valence-electron chi connectivity index (χ3n) is 4.17. The van der Waals surface area contributed by atoms with Gasteiger partial charge in [0.05, 0.1) is 6.10 Å². The highest BCUT2D eigenvalue weighted by Crippen LogP contribution is 2.33. The molecule has 1 amide bonds. The Morgan fingerprint density at radius 2 is 2.21 bits per heavy atom. The topological polar surface area (TPSA) is 58.6 Å². The summed E-state index contributed by atoms with van der Waals surface area (Å²) in [6.45, 7) is 0.983. The summed E-state index contributed by atoms with van der Waals surface area (Å²) in [5.41, 5.74) is 0.965. The molecule has 19 heavy (non-hydrogen) atoms. The molecule has 102 valence electrons. The van der Waals surface area contributed by atoms with Gasteiger partial charge < -0.3 is 15.2 Å². The zero-order valence-electron chi connectivity index (χ0n) is 10.8. The van der Waals surface area contributed by atoms with Crippen molar-refractivity contribution < 1.29 is 14.6 Å². The van der Waals surface area contributed by atoms with Crippen LogP contribution in [-0.2, 0) is 4.79 Å². The molecule has 1 saturated carbocycles. The first-order chi connectivity index (χ1) is 9.25. The highest BCUT2D eigenvalue weighted by atomic mass is 16.5. The molecule has 0 saturated heterocycles. The van der Waals surface area contributed by atoms with Crippen LogP contribution >= 0.6 is 0 Å². The van der Waals surface area contributed by atoms with E-state index in [4.69, 9.17) is 4.74 Å². The molecule has 1 aliphatic heterocycles. The van der Waals surface area contributed by atoms with E-state index in [-0.39, 0.29) is 23.8 Å². The Kier molecular flexibility index (Phi) is 3.42. The molecule has 3 atom stereocenters. The van der Waals surface area contributed by atoms with Gasteiger partial charge >= 0.3 is 0 Å². The van der Waals surface area contributed by atoms with Crippen LogP contribution in [0.4, 0.5) is 0 Å².